The summed E-state index contributed by atoms with van der Waals surface area (Å²) in [4.78, 5) is 11.2. The second-order valence-corrected chi connectivity index (χ2v) is 6.92. The van der Waals surface area contributed by atoms with Crippen LogP contribution >= 0.6 is 0 Å². The van der Waals surface area contributed by atoms with Gasteiger partial charge in [0.25, 0.3) is 10.0 Å². The standard InChI is InChI=1S/C17H19NO5S/c1-18(14-6-4-3-5-7-14)24(20,21)16-10-8-15(9-11-16)23-13-12-17(19)22-2/h3-11H,12-13H2,1-2H3. The number of hydrogen-bond donors (Lipinski definition) is 0. The highest BCUT2D eigenvalue weighted by atomic mass is 32.2. The maximum Gasteiger partial charge on any atom is 0.308 e. The molecule has 0 saturated carbocycles. The highest BCUT2D eigenvalue weighted by Crippen LogP contribution is 2.23. The van der Waals surface area contributed by atoms with Gasteiger partial charge in [-0.05, 0) is 36.4 Å². The smallest absolute Gasteiger partial charge is 0.308 e. The molecule has 0 N–H and O–H groups in total. The number of para-hydroxylation sites is 1. The van der Waals surface area contributed by atoms with Crippen molar-refractivity contribution in [3.63, 3.8) is 0 Å². The summed E-state index contributed by atoms with van der Waals surface area (Å²) in [6.07, 6.45) is 0.132. The van der Waals surface area contributed by atoms with Crippen molar-refractivity contribution in [1.29, 1.82) is 0 Å². The number of methoxy groups -OCH3 is 1. The first-order valence-corrected chi connectivity index (χ1v) is 8.73. The Bertz CT molecular complexity index is 772. The van der Waals surface area contributed by atoms with Gasteiger partial charge in [0, 0.05) is 7.05 Å². The van der Waals surface area contributed by atoms with Crippen LogP contribution in [-0.4, -0.2) is 35.2 Å². The molecule has 0 unspecified atom stereocenters. The zero-order valence-electron chi connectivity index (χ0n) is 13.5. The minimum atomic E-state index is -3.64. The Morgan fingerprint density at radius 2 is 1.67 bits per heavy atom. The van der Waals surface area contributed by atoms with E-state index in [0.717, 1.165) is 0 Å². The fraction of sp³-hybridized carbons (Fsp3) is 0.235. The topological polar surface area (TPSA) is 72.9 Å². The molecule has 128 valence electrons. The van der Waals surface area contributed by atoms with Crippen LogP contribution in [-0.2, 0) is 19.6 Å². The second kappa shape index (κ2) is 7.83. The summed E-state index contributed by atoms with van der Waals surface area (Å²) in [6, 6.07) is 14.9. The normalized spacial score (nSPS) is 10.9. The highest BCUT2D eigenvalue weighted by Gasteiger charge is 2.21. The molecule has 0 bridgehead atoms. The Morgan fingerprint density at radius 1 is 1.04 bits per heavy atom. The molecule has 2 rings (SSSR count). The van der Waals surface area contributed by atoms with Gasteiger partial charge in [-0.1, -0.05) is 18.2 Å². The molecule has 7 heteroatoms. The van der Waals surface area contributed by atoms with E-state index in [1.807, 2.05) is 6.07 Å². The van der Waals surface area contributed by atoms with Gasteiger partial charge in [-0.3, -0.25) is 9.10 Å². The molecule has 0 atom stereocenters. The predicted molar refractivity (Wildman–Crippen MR) is 90.6 cm³/mol. The van der Waals surface area contributed by atoms with Crippen molar-refractivity contribution in [3.05, 3.63) is 54.6 Å². The van der Waals surface area contributed by atoms with Crippen molar-refractivity contribution in [2.75, 3.05) is 25.1 Å². The van der Waals surface area contributed by atoms with Crippen LogP contribution in [0.25, 0.3) is 0 Å². The monoisotopic (exact) mass is 349 g/mol. The van der Waals surface area contributed by atoms with E-state index >= 15 is 0 Å². The molecule has 0 aliphatic carbocycles. The van der Waals surface area contributed by atoms with Crippen molar-refractivity contribution >= 4 is 21.7 Å². The van der Waals surface area contributed by atoms with Crippen molar-refractivity contribution in [2.45, 2.75) is 11.3 Å². The lowest BCUT2D eigenvalue weighted by molar-refractivity contribution is -0.141. The minimum absolute atomic E-state index is 0.132. The molecule has 0 fully saturated rings. The number of sulfonamides is 1. The number of ether oxygens (including phenoxy) is 2. The molecule has 0 aliphatic heterocycles. The molecule has 6 nitrogen and oxygen atoms in total. The molecule has 2 aromatic carbocycles. The van der Waals surface area contributed by atoms with Gasteiger partial charge >= 0.3 is 5.97 Å². The van der Waals surface area contributed by atoms with Crippen molar-refractivity contribution in [2.24, 2.45) is 0 Å². The molecule has 0 radical (unpaired) electrons. The fourth-order valence-electron chi connectivity index (χ4n) is 2.00. The number of anilines is 1. The van der Waals surface area contributed by atoms with Gasteiger partial charge in [0.2, 0.25) is 0 Å². The zero-order valence-corrected chi connectivity index (χ0v) is 14.3. The molecule has 0 aromatic heterocycles. The number of hydrogen-bond acceptors (Lipinski definition) is 5. The van der Waals surface area contributed by atoms with E-state index in [4.69, 9.17) is 4.74 Å². The number of esters is 1. The first kappa shape index (κ1) is 17.8. The zero-order chi connectivity index (χ0) is 17.6. The highest BCUT2D eigenvalue weighted by molar-refractivity contribution is 7.92. The SMILES string of the molecule is COC(=O)CCOc1ccc(S(=O)(=O)N(C)c2ccccc2)cc1. The van der Waals surface area contributed by atoms with Gasteiger partial charge in [-0.25, -0.2) is 8.42 Å². The summed E-state index contributed by atoms with van der Waals surface area (Å²) in [5.74, 6) is 0.124. The van der Waals surface area contributed by atoms with Crippen LogP contribution in [0.4, 0.5) is 5.69 Å². The van der Waals surface area contributed by atoms with E-state index in [2.05, 4.69) is 4.74 Å². The van der Waals surface area contributed by atoms with E-state index in [1.165, 1.54) is 30.6 Å². The first-order chi connectivity index (χ1) is 11.4. The van der Waals surface area contributed by atoms with Crippen molar-refractivity contribution in [3.8, 4) is 5.75 Å². The summed E-state index contributed by atoms with van der Waals surface area (Å²) in [7, 11) is -0.827. The maximum atomic E-state index is 12.6. The van der Waals surface area contributed by atoms with Gasteiger partial charge in [-0.2, -0.15) is 0 Å². The average molecular weight is 349 g/mol. The summed E-state index contributed by atoms with van der Waals surface area (Å²) >= 11 is 0. The molecule has 24 heavy (non-hydrogen) atoms. The Labute approximate surface area is 141 Å². The minimum Gasteiger partial charge on any atom is -0.493 e. The van der Waals surface area contributed by atoms with E-state index in [9.17, 15) is 13.2 Å². The summed E-state index contributed by atoms with van der Waals surface area (Å²) < 4.78 is 36.3. The fourth-order valence-corrected chi connectivity index (χ4v) is 3.19. The Kier molecular flexibility index (Phi) is 5.81. The summed E-state index contributed by atoms with van der Waals surface area (Å²) in [6.45, 7) is 0.169. The molecule has 0 aliphatic rings. The molecule has 0 amide bonds. The molecule has 0 spiro atoms. The molecular weight excluding hydrogens is 330 g/mol. The number of carbonyl (C=O) groups excluding carboxylic acids is 1. The van der Waals surface area contributed by atoms with Gasteiger partial charge in [0.15, 0.2) is 0 Å². The third-order valence-corrected chi connectivity index (χ3v) is 5.20. The number of benzene rings is 2. The quantitative estimate of drug-likeness (QED) is 0.718. The third kappa shape index (κ3) is 4.26. The summed E-state index contributed by atoms with van der Waals surface area (Å²) in [5.41, 5.74) is 0.580. The Morgan fingerprint density at radius 3 is 2.25 bits per heavy atom. The first-order valence-electron chi connectivity index (χ1n) is 7.29. The van der Waals surface area contributed by atoms with E-state index in [0.29, 0.717) is 11.4 Å². The molecule has 2 aromatic rings. The van der Waals surface area contributed by atoms with E-state index < -0.39 is 10.0 Å². The van der Waals surface area contributed by atoms with E-state index in [1.54, 1.807) is 36.4 Å². The van der Waals surface area contributed by atoms with Crippen LogP contribution in [0.3, 0.4) is 0 Å². The molecule has 0 saturated heterocycles. The van der Waals surface area contributed by atoms with Gasteiger partial charge < -0.3 is 9.47 Å². The Balaban J connectivity index is 2.07. The van der Waals surface area contributed by atoms with Crippen LogP contribution in [0.15, 0.2) is 59.5 Å². The average Bonchev–Trinajstić information content (AvgIpc) is 2.62. The van der Waals surface area contributed by atoms with Crippen LogP contribution in [0.2, 0.25) is 0 Å². The number of nitrogens with zero attached hydrogens (tertiary/aromatic N) is 1. The lowest BCUT2D eigenvalue weighted by atomic mass is 10.3. The Hall–Kier alpha value is -2.54. The lowest BCUT2D eigenvalue weighted by Gasteiger charge is -2.19. The largest absolute Gasteiger partial charge is 0.493 e. The van der Waals surface area contributed by atoms with Crippen molar-refractivity contribution < 1.29 is 22.7 Å². The van der Waals surface area contributed by atoms with Gasteiger partial charge in [0.05, 0.1) is 30.7 Å². The maximum absolute atomic E-state index is 12.6. The van der Waals surface area contributed by atoms with Gasteiger partial charge in [0.1, 0.15) is 5.75 Å². The predicted octanol–water partition coefficient (Wildman–Crippen LogP) is 2.45. The van der Waals surface area contributed by atoms with E-state index in [-0.39, 0.29) is 23.9 Å². The van der Waals surface area contributed by atoms with Crippen LogP contribution < -0.4 is 9.04 Å². The lowest BCUT2D eigenvalue weighted by Crippen LogP contribution is -2.26. The van der Waals surface area contributed by atoms with Gasteiger partial charge in [-0.15, -0.1) is 0 Å². The van der Waals surface area contributed by atoms with Crippen LogP contribution in [0.5, 0.6) is 5.75 Å². The molecular formula is C17H19NO5S. The summed E-state index contributed by atoms with van der Waals surface area (Å²) in [5, 5.41) is 0. The van der Waals surface area contributed by atoms with Crippen molar-refractivity contribution in [1.82, 2.24) is 0 Å². The third-order valence-electron chi connectivity index (χ3n) is 3.40. The number of carbonyl (C=O) groups is 1. The second-order valence-electron chi connectivity index (χ2n) is 4.95. The van der Waals surface area contributed by atoms with Crippen LogP contribution in [0.1, 0.15) is 6.42 Å². The number of rotatable bonds is 7. The molecule has 0 heterocycles. The van der Waals surface area contributed by atoms with Crippen LogP contribution in [0, 0.1) is 0 Å².